The molecule has 2 saturated carbocycles. The Morgan fingerprint density at radius 2 is 1.83 bits per heavy atom. The molecular formula is C26H36O4. The number of hydrogen-bond donors (Lipinski definition) is 0. The van der Waals surface area contributed by atoms with Crippen molar-refractivity contribution in [1.29, 1.82) is 0 Å². The maximum absolute atomic E-state index is 13.0. The second-order valence-corrected chi connectivity index (χ2v) is 10.7. The van der Waals surface area contributed by atoms with Crippen LogP contribution in [0, 0.1) is 28.6 Å². The van der Waals surface area contributed by atoms with Crippen LogP contribution < -0.4 is 0 Å². The van der Waals surface area contributed by atoms with Gasteiger partial charge in [-0.2, -0.15) is 0 Å². The highest BCUT2D eigenvalue weighted by Gasteiger charge is 2.67. The van der Waals surface area contributed by atoms with Crippen LogP contribution in [0.25, 0.3) is 0 Å². The third-order valence-corrected chi connectivity index (χ3v) is 9.26. The summed E-state index contributed by atoms with van der Waals surface area (Å²) in [5.74, 6) is 1.17. The Morgan fingerprint density at radius 1 is 1.13 bits per heavy atom. The van der Waals surface area contributed by atoms with Crippen LogP contribution in [0.1, 0.15) is 86.0 Å². The Balaban J connectivity index is 1.74. The monoisotopic (exact) mass is 412 g/mol. The SMILES string of the molecule is CCCC(=O)O[C@]1(C(C)=O)CC[C@H]2[C@@H]3C=C(C)C4=CC(=O)CC[C@]4(C)[C@H]3CC[C@@]21C. The number of fused-ring (bicyclic) bond motifs is 5. The summed E-state index contributed by atoms with van der Waals surface area (Å²) in [6.07, 6.45) is 10.3. The zero-order chi connectivity index (χ0) is 21.9. The van der Waals surface area contributed by atoms with Gasteiger partial charge in [-0.05, 0) is 87.2 Å². The average Bonchev–Trinajstić information content (AvgIpc) is 2.97. The van der Waals surface area contributed by atoms with Crippen LogP contribution in [0.4, 0.5) is 0 Å². The fraction of sp³-hybridized carbons (Fsp3) is 0.731. The van der Waals surface area contributed by atoms with Gasteiger partial charge < -0.3 is 4.74 Å². The van der Waals surface area contributed by atoms with E-state index in [-0.39, 0.29) is 28.4 Å². The molecule has 0 spiro atoms. The molecule has 0 bridgehead atoms. The fourth-order valence-electron chi connectivity index (χ4n) is 7.68. The molecule has 0 aliphatic heterocycles. The molecule has 30 heavy (non-hydrogen) atoms. The number of ether oxygens (including phenoxy) is 1. The second-order valence-electron chi connectivity index (χ2n) is 10.7. The van der Waals surface area contributed by atoms with Crippen molar-refractivity contribution in [2.24, 2.45) is 28.6 Å². The minimum atomic E-state index is -0.990. The quantitative estimate of drug-likeness (QED) is 0.584. The van der Waals surface area contributed by atoms with Gasteiger partial charge in [0, 0.05) is 18.3 Å². The summed E-state index contributed by atoms with van der Waals surface area (Å²) in [5.41, 5.74) is 1.16. The summed E-state index contributed by atoms with van der Waals surface area (Å²) in [5, 5.41) is 0. The molecule has 4 aliphatic carbocycles. The van der Waals surface area contributed by atoms with E-state index in [1.807, 2.05) is 13.0 Å². The van der Waals surface area contributed by atoms with E-state index in [1.54, 1.807) is 6.92 Å². The molecule has 0 aromatic carbocycles. The van der Waals surface area contributed by atoms with Gasteiger partial charge in [-0.15, -0.1) is 0 Å². The summed E-state index contributed by atoms with van der Waals surface area (Å²) >= 11 is 0. The van der Waals surface area contributed by atoms with Crippen LogP contribution in [0.3, 0.4) is 0 Å². The largest absolute Gasteiger partial charge is 0.450 e. The summed E-state index contributed by atoms with van der Waals surface area (Å²) in [6.45, 7) is 10.2. The molecule has 0 aromatic heterocycles. The molecular weight excluding hydrogens is 376 g/mol. The van der Waals surface area contributed by atoms with E-state index in [0.29, 0.717) is 37.0 Å². The predicted octanol–water partition coefficient (Wildman–Crippen LogP) is 5.36. The molecule has 4 rings (SSSR count). The Labute approximate surface area is 180 Å². The van der Waals surface area contributed by atoms with E-state index >= 15 is 0 Å². The molecule has 6 atom stereocenters. The van der Waals surface area contributed by atoms with E-state index in [1.165, 1.54) is 11.1 Å². The van der Waals surface area contributed by atoms with Gasteiger partial charge in [-0.1, -0.05) is 32.4 Å². The number of allylic oxidation sites excluding steroid dienone is 4. The molecule has 0 amide bonds. The first kappa shape index (κ1) is 21.5. The number of rotatable bonds is 4. The first-order chi connectivity index (χ1) is 14.1. The second kappa shape index (κ2) is 7.17. The van der Waals surface area contributed by atoms with Crippen LogP contribution in [-0.4, -0.2) is 23.1 Å². The fourth-order valence-corrected chi connectivity index (χ4v) is 7.68. The van der Waals surface area contributed by atoms with Crippen LogP contribution in [0.2, 0.25) is 0 Å². The maximum atomic E-state index is 13.0. The number of Topliss-reactive ketones (excluding diaryl/α,β-unsaturated/α-hetero) is 1. The van der Waals surface area contributed by atoms with E-state index in [4.69, 9.17) is 4.74 Å². The van der Waals surface area contributed by atoms with Crippen LogP contribution in [0.15, 0.2) is 23.3 Å². The Kier molecular flexibility index (Phi) is 5.14. The van der Waals surface area contributed by atoms with Crippen molar-refractivity contribution in [1.82, 2.24) is 0 Å². The zero-order valence-electron chi connectivity index (χ0n) is 19.2. The lowest BCUT2D eigenvalue weighted by Gasteiger charge is -2.58. The highest BCUT2D eigenvalue weighted by Crippen LogP contribution is 2.67. The first-order valence-electron chi connectivity index (χ1n) is 11.8. The summed E-state index contributed by atoms with van der Waals surface area (Å²) < 4.78 is 6.06. The number of ketones is 2. The van der Waals surface area contributed by atoms with Crippen molar-refractivity contribution in [3.8, 4) is 0 Å². The van der Waals surface area contributed by atoms with Gasteiger partial charge in [0.15, 0.2) is 17.2 Å². The van der Waals surface area contributed by atoms with Crippen molar-refractivity contribution in [3.05, 3.63) is 23.3 Å². The number of hydrogen-bond acceptors (Lipinski definition) is 4. The minimum absolute atomic E-state index is 0.00183. The van der Waals surface area contributed by atoms with Crippen molar-refractivity contribution in [2.45, 2.75) is 91.6 Å². The molecule has 0 heterocycles. The van der Waals surface area contributed by atoms with Crippen molar-refractivity contribution < 1.29 is 19.1 Å². The van der Waals surface area contributed by atoms with Crippen molar-refractivity contribution in [3.63, 3.8) is 0 Å². The van der Waals surface area contributed by atoms with Gasteiger partial charge in [0.25, 0.3) is 0 Å². The molecule has 2 fully saturated rings. The normalized spacial score (nSPS) is 42.4. The molecule has 0 N–H and O–H groups in total. The van der Waals surface area contributed by atoms with E-state index < -0.39 is 5.60 Å². The van der Waals surface area contributed by atoms with Gasteiger partial charge in [0.05, 0.1) is 0 Å². The average molecular weight is 413 g/mol. The maximum Gasteiger partial charge on any atom is 0.306 e. The minimum Gasteiger partial charge on any atom is -0.450 e. The van der Waals surface area contributed by atoms with E-state index in [2.05, 4.69) is 26.8 Å². The van der Waals surface area contributed by atoms with Crippen LogP contribution in [0.5, 0.6) is 0 Å². The zero-order valence-corrected chi connectivity index (χ0v) is 19.2. The van der Waals surface area contributed by atoms with Gasteiger partial charge in [0.2, 0.25) is 0 Å². The number of esters is 1. The Bertz CT molecular complexity index is 851. The van der Waals surface area contributed by atoms with Crippen LogP contribution in [-0.2, 0) is 19.1 Å². The summed E-state index contributed by atoms with van der Waals surface area (Å²) in [7, 11) is 0. The summed E-state index contributed by atoms with van der Waals surface area (Å²) in [6, 6.07) is 0. The molecule has 4 heteroatoms. The third-order valence-electron chi connectivity index (χ3n) is 9.26. The molecule has 0 unspecified atom stereocenters. The van der Waals surface area contributed by atoms with E-state index in [9.17, 15) is 14.4 Å². The molecule has 0 radical (unpaired) electrons. The first-order valence-corrected chi connectivity index (χ1v) is 11.8. The third kappa shape index (κ3) is 2.81. The van der Waals surface area contributed by atoms with Gasteiger partial charge in [-0.25, -0.2) is 0 Å². The molecule has 164 valence electrons. The van der Waals surface area contributed by atoms with Gasteiger partial charge in [0.1, 0.15) is 0 Å². The number of carbonyl (C=O) groups excluding carboxylic acids is 3. The van der Waals surface area contributed by atoms with Crippen LogP contribution >= 0.6 is 0 Å². The molecule has 4 aliphatic rings. The topological polar surface area (TPSA) is 60.4 Å². The van der Waals surface area contributed by atoms with Gasteiger partial charge >= 0.3 is 5.97 Å². The molecule has 0 aromatic rings. The predicted molar refractivity (Wildman–Crippen MR) is 116 cm³/mol. The van der Waals surface area contributed by atoms with Crippen molar-refractivity contribution >= 4 is 17.5 Å². The Morgan fingerprint density at radius 3 is 2.50 bits per heavy atom. The lowest BCUT2D eigenvalue weighted by atomic mass is 9.47. The standard InChI is InChI=1S/C26H36O4/c1-6-7-23(29)30-26(17(3)27)13-10-21-19-14-16(2)22-15-18(28)8-11-24(22,4)20(19)9-12-25(21,26)5/h14-15,19-21H,6-13H2,1-5H3/t19-,20+,21+,24-,25+,26+/m1/s1. The highest BCUT2D eigenvalue weighted by atomic mass is 16.6. The molecule has 0 saturated heterocycles. The number of carbonyl (C=O) groups is 3. The molecule has 4 nitrogen and oxygen atoms in total. The lowest BCUT2D eigenvalue weighted by molar-refractivity contribution is -0.187. The Hall–Kier alpha value is -1.71. The lowest BCUT2D eigenvalue weighted by Crippen LogP contribution is -2.58. The highest BCUT2D eigenvalue weighted by molar-refractivity contribution is 5.92. The summed E-state index contributed by atoms with van der Waals surface area (Å²) in [4.78, 5) is 37.6. The van der Waals surface area contributed by atoms with E-state index in [0.717, 1.165) is 32.1 Å². The van der Waals surface area contributed by atoms with Gasteiger partial charge in [-0.3, -0.25) is 14.4 Å². The van der Waals surface area contributed by atoms with Crippen molar-refractivity contribution in [2.75, 3.05) is 0 Å². The smallest absolute Gasteiger partial charge is 0.306 e.